The van der Waals surface area contributed by atoms with Gasteiger partial charge < -0.3 is 15.1 Å². The molecule has 0 aromatic rings. The Labute approximate surface area is 181 Å². The van der Waals surface area contributed by atoms with Gasteiger partial charge in [0.2, 0.25) is 5.91 Å². The summed E-state index contributed by atoms with van der Waals surface area (Å²) in [5, 5.41) is 3.78. The van der Waals surface area contributed by atoms with Gasteiger partial charge >= 0.3 is 7.60 Å². The van der Waals surface area contributed by atoms with Crippen LogP contribution in [0.15, 0.2) is 11.4 Å². The molecule has 0 bridgehead atoms. The van der Waals surface area contributed by atoms with Gasteiger partial charge in [-0.15, -0.1) is 0 Å². The molecule has 0 radical (unpaired) electrons. The molecule has 0 aromatic heterocycles. The molecule has 0 spiro atoms. The first kappa shape index (κ1) is 22.6. The second kappa shape index (κ2) is 7.18. The molecule has 4 aliphatic rings. The minimum Gasteiger partial charge on any atom is -0.352 e. The van der Waals surface area contributed by atoms with E-state index in [-0.39, 0.29) is 28.2 Å². The summed E-state index contributed by atoms with van der Waals surface area (Å²) in [6, 6.07) is 0.271. The molecule has 170 valence electrons. The Balaban J connectivity index is 1.54. The van der Waals surface area contributed by atoms with Crippen molar-refractivity contribution in [1.29, 1.82) is 0 Å². The van der Waals surface area contributed by atoms with E-state index >= 15 is 0 Å². The average molecular weight is 438 g/mol. The van der Waals surface area contributed by atoms with Gasteiger partial charge in [-0.2, -0.15) is 0 Å². The van der Waals surface area contributed by atoms with Gasteiger partial charge in [0.1, 0.15) is 0 Å². The predicted molar refractivity (Wildman–Crippen MR) is 119 cm³/mol. The molecule has 6 heteroatoms. The first-order valence-corrected chi connectivity index (χ1v) is 13.4. The number of carbonyl (C=O) groups excluding carboxylic acids is 1. The van der Waals surface area contributed by atoms with Gasteiger partial charge in [-0.25, -0.2) is 0 Å². The van der Waals surface area contributed by atoms with Gasteiger partial charge in [-0.05, 0) is 85.9 Å². The van der Waals surface area contributed by atoms with E-state index in [1.165, 1.54) is 19.3 Å². The molecule has 3 fully saturated rings. The highest BCUT2D eigenvalue weighted by molar-refractivity contribution is 7.56. The summed E-state index contributed by atoms with van der Waals surface area (Å²) in [5.74, 6) is 2.49. The van der Waals surface area contributed by atoms with E-state index in [1.54, 1.807) is 0 Å². The van der Waals surface area contributed by atoms with Crippen molar-refractivity contribution in [3.63, 3.8) is 0 Å². The molecule has 3 saturated carbocycles. The molecule has 7 atom stereocenters. The van der Waals surface area contributed by atoms with Crippen molar-refractivity contribution in [3.05, 3.63) is 11.4 Å². The smallest absolute Gasteiger partial charge is 0.351 e. The predicted octanol–water partition coefficient (Wildman–Crippen LogP) is 5.23. The van der Waals surface area contributed by atoms with E-state index in [1.807, 2.05) is 26.8 Å². The monoisotopic (exact) mass is 437 g/mol. The molecule has 0 heterocycles. The van der Waals surface area contributed by atoms with Crippen molar-refractivity contribution in [2.75, 3.05) is 0 Å². The zero-order chi connectivity index (χ0) is 22.1. The Kier molecular flexibility index (Phi) is 5.40. The first-order valence-electron chi connectivity index (χ1n) is 11.8. The average Bonchev–Trinajstić information content (AvgIpc) is 2.96. The molecular weight excluding hydrogens is 397 g/mol. The fraction of sp³-hybridized carbons (Fsp3) is 0.875. The molecular formula is C24H40NO4P. The number of fused-ring (bicyclic) bond motifs is 5. The minimum absolute atomic E-state index is 0.148. The number of amides is 1. The van der Waals surface area contributed by atoms with Crippen LogP contribution < -0.4 is 5.32 Å². The summed E-state index contributed by atoms with van der Waals surface area (Å²) in [6.07, 6.45) is 10.1. The Hall–Kier alpha value is -0.640. The molecule has 1 amide bonds. The normalized spacial score (nSPS) is 43.8. The maximum Gasteiger partial charge on any atom is 0.351 e. The van der Waals surface area contributed by atoms with Crippen LogP contribution in [0.3, 0.4) is 0 Å². The van der Waals surface area contributed by atoms with Crippen molar-refractivity contribution < 1.29 is 19.1 Å². The van der Waals surface area contributed by atoms with Crippen LogP contribution in [-0.4, -0.2) is 21.7 Å². The largest absolute Gasteiger partial charge is 0.352 e. The quantitative estimate of drug-likeness (QED) is 0.516. The number of hydrogen-bond acceptors (Lipinski definition) is 2. The highest BCUT2D eigenvalue weighted by Crippen LogP contribution is 2.67. The van der Waals surface area contributed by atoms with Crippen LogP contribution in [0.2, 0.25) is 0 Å². The molecule has 0 aliphatic heterocycles. The molecule has 30 heavy (non-hydrogen) atoms. The summed E-state index contributed by atoms with van der Waals surface area (Å²) in [7, 11) is -4.11. The van der Waals surface area contributed by atoms with Crippen LogP contribution >= 0.6 is 7.60 Å². The zero-order valence-corrected chi connectivity index (χ0v) is 20.2. The van der Waals surface area contributed by atoms with E-state index in [4.69, 9.17) is 0 Å². The van der Waals surface area contributed by atoms with Crippen LogP contribution in [0.4, 0.5) is 0 Å². The lowest BCUT2D eigenvalue weighted by Crippen LogP contribution is -2.56. The molecule has 0 saturated heterocycles. The van der Waals surface area contributed by atoms with Crippen molar-refractivity contribution >= 4 is 13.5 Å². The third kappa shape index (κ3) is 3.53. The van der Waals surface area contributed by atoms with Crippen LogP contribution in [0, 0.1) is 39.9 Å². The summed E-state index contributed by atoms with van der Waals surface area (Å²) in [6.45, 7) is 10.8. The minimum atomic E-state index is -4.11. The summed E-state index contributed by atoms with van der Waals surface area (Å²) in [4.78, 5) is 32.0. The standard InChI is InChI=1S/C24H40NO4P/c1-22(2,3)21(26)25-20-9-8-18-17-7-6-15-14-16(30(27,28)29)10-12-23(15,4)19(17)11-13-24(18,20)5/h10,15,17-20H,6-9,11-14H2,1-5H3,(H,25,26)(H2,27,28,29)/t15?,17-,18-,19+,20?,23-,24-/m0/s1. The van der Waals surface area contributed by atoms with Gasteiger partial charge in [0.15, 0.2) is 0 Å². The summed E-state index contributed by atoms with van der Waals surface area (Å²) >= 11 is 0. The lowest BCUT2D eigenvalue weighted by molar-refractivity contribution is -0.131. The second-order valence-electron chi connectivity index (χ2n) is 12.2. The van der Waals surface area contributed by atoms with E-state index in [2.05, 4.69) is 19.2 Å². The molecule has 0 aromatic carbocycles. The van der Waals surface area contributed by atoms with Crippen LogP contribution in [-0.2, 0) is 9.36 Å². The zero-order valence-electron chi connectivity index (χ0n) is 19.3. The fourth-order valence-corrected chi connectivity index (χ4v) is 8.50. The van der Waals surface area contributed by atoms with E-state index < -0.39 is 7.60 Å². The molecule has 4 aliphatic carbocycles. The van der Waals surface area contributed by atoms with Gasteiger partial charge in [-0.3, -0.25) is 9.36 Å². The van der Waals surface area contributed by atoms with E-state index in [9.17, 15) is 19.1 Å². The van der Waals surface area contributed by atoms with Crippen LogP contribution in [0.5, 0.6) is 0 Å². The lowest BCUT2D eigenvalue weighted by Gasteiger charge is -2.60. The van der Waals surface area contributed by atoms with E-state index in [0.717, 1.165) is 25.7 Å². The van der Waals surface area contributed by atoms with Gasteiger partial charge in [0.25, 0.3) is 0 Å². The Morgan fingerprint density at radius 2 is 1.73 bits per heavy atom. The first-order chi connectivity index (χ1) is 13.8. The topological polar surface area (TPSA) is 86.6 Å². The van der Waals surface area contributed by atoms with Gasteiger partial charge in [-0.1, -0.05) is 40.7 Å². The fourth-order valence-electron chi connectivity index (χ4n) is 7.71. The lowest BCUT2D eigenvalue weighted by atomic mass is 9.46. The highest BCUT2D eigenvalue weighted by atomic mass is 31.2. The van der Waals surface area contributed by atoms with Crippen molar-refractivity contribution in [3.8, 4) is 0 Å². The molecule has 5 nitrogen and oxygen atoms in total. The Morgan fingerprint density at radius 1 is 1.07 bits per heavy atom. The summed E-state index contributed by atoms with van der Waals surface area (Å²) < 4.78 is 11.8. The molecule has 3 N–H and O–H groups in total. The molecule has 4 rings (SSSR count). The number of nitrogens with one attached hydrogen (secondary N) is 1. The van der Waals surface area contributed by atoms with Gasteiger partial charge in [0, 0.05) is 16.8 Å². The van der Waals surface area contributed by atoms with Crippen molar-refractivity contribution in [1.82, 2.24) is 5.32 Å². The SMILES string of the molecule is CC(C)(C)C(=O)NC1CC[C@H]2[C@@H]3CCC4CC(P(=O)(O)O)=CC[C@]4(C)[C@@H]3CC[C@]12C. The third-order valence-corrected chi connectivity index (χ3v) is 10.8. The van der Waals surface area contributed by atoms with Crippen LogP contribution in [0.1, 0.15) is 86.0 Å². The van der Waals surface area contributed by atoms with Crippen molar-refractivity contribution in [2.45, 2.75) is 92.0 Å². The molecule has 2 unspecified atom stereocenters. The Bertz CT molecular complexity index is 796. The third-order valence-electron chi connectivity index (χ3n) is 9.66. The maximum atomic E-state index is 12.7. The Morgan fingerprint density at radius 3 is 2.37 bits per heavy atom. The highest BCUT2D eigenvalue weighted by Gasteiger charge is 2.60. The van der Waals surface area contributed by atoms with Crippen LogP contribution in [0.25, 0.3) is 0 Å². The number of carbonyl (C=O) groups is 1. The van der Waals surface area contributed by atoms with Crippen molar-refractivity contribution in [2.24, 2.45) is 39.9 Å². The number of hydrogen-bond donors (Lipinski definition) is 3. The number of allylic oxidation sites excluding steroid dienone is 2. The summed E-state index contributed by atoms with van der Waals surface area (Å²) in [5.41, 5.74) is -0.0370. The van der Waals surface area contributed by atoms with E-state index in [0.29, 0.717) is 35.4 Å². The maximum absolute atomic E-state index is 12.7. The number of rotatable bonds is 2. The van der Waals surface area contributed by atoms with Gasteiger partial charge in [0.05, 0.1) is 0 Å². The second-order valence-corrected chi connectivity index (χ2v) is 13.9.